The van der Waals surface area contributed by atoms with E-state index in [2.05, 4.69) is 15.3 Å². The third-order valence-corrected chi connectivity index (χ3v) is 4.76. The van der Waals surface area contributed by atoms with Gasteiger partial charge in [-0.3, -0.25) is 10.2 Å². The number of benzene rings is 1. The summed E-state index contributed by atoms with van der Waals surface area (Å²) in [5.41, 5.74) is 17.1. The molecule has 0 aromatic heterocycles. The second kappa shape index (κ2) is 8.61. The molecule has 1 aliphatic rings. The summed E-state index contributed by atoms with van der Waals surface area (Å²) in [7, 11) is 0. The van der Waals surface area contributed by atoms with Crippen LogP contribution in [0.4, 0.5) is 14.5 Å². The predicted molar refractivity (Wildman–Crippen MR) is 106 cm³/mol. The van der Waals surface area contributed by atoms with Gasteiger partial charge in [-0.05, 0) is 43.5 Å². The number of aryl methyl sites for hydroxylation is 1. The van der Waals surface area contributed by atoms with Crippen LogP contribution < -0.4 is 22.5 Å². The summed E-state index contributed by atoms with van der Waals surface area (Å²) >= 11 is 5.97. The van der Waals surface area contributed by atoms with E-state index in [1.165, 1.54) is 0 Å². The van der Waals surface area contributed by atoms with Crippen LogP contribution in [0.25, 0.3) is 0 Å². The number of amidine groups is 1. The molecule has 1 aliphatic carbocycles. The lowest BCUT2D eigenvalue weighted by Crippen LogP contribution is -2.52. The summed E-state index contributed by atoms with van der Waals surface area (Å²) in [6, 6.07) is 2.47. The van der Waals surface area contributed by atoms with Gasteiger partial charge < -0.3 is 22.5 Å². The molecule has 152 valence electrons. The van der Waals surface area contributed by atoms with Crippen molar-refractivity contribution >= 4 is 40.7 Å². The molecule has 28 heavy (non-hydrogen) atoms. The van der Waals surface area contributed by atoms with Crippen molar-refractivity contribution in [3.8, 4) is 0 Å². The normalized spacial score (nSPS) is 22.6. The number of rotatable bonds is 4. The minimum atomic E-state index is -3.04. The van der Waals surface area contributed by atoms with Crippen molar-refractivity contribution in [2.24, 2.45) is 27.2 Å². The minimum Gasteiger partial charge on any atom is -0.368 e. The van der Waals surface area contributed by atoms with Crippen LogP contribution >= 0.6 is 11.6 Å². The smallest absolute Gasteiger partial charge is 0.270 e. The topological polar surface area (TPSA) is 156 Å². The van der Waals surface area contributed by atoms with Crippen LogP contribution in [0.1, 0.15) is 24.8 Å². The Bertz CT molecular complexity index is 841. The Hall–Kier alpha value is -2.59. The van der Waals surface area contributed by atoms with Crippen molar-refractivity contribution in [2.75, 3.05) is 5.32 Å². The quantitative estimate of drug-likeness (QED) is 0.376. The zero-order valence-electron chi connectivity index (χ0n) is 15.2. The SMILES string of the molecule is Cc1cc(N/C(=N/C(N)=N[C@@H]2CCCC(F)(F)[C@@H]2N)C(=N)C(N)=O)ccc1Cl. The molecule has 0 bridgehead atoms. The van der Waals surface area contributed by atoms with E-state index in [1.54, 1.807) is 25.1 Å². The zero-order valence-corrected chi connectivity index (χ0v) is 15.9. The largest absolute Gasteiger partial charge is 0.368 e. The van der Waals surface area contributed by atoms with Gasteiger partial charge in [-0.15, -0.1) is 0 Å². The third kappa shape index (κ3) is 5.23. The van der Waals surface area contributed by atoms with Crippen molar-refractivity contribution in [3.05, 3.63) is 28.8 Å². The molecule has 1 fully saturated rings. The van der Waals surface area contributed by atoms with Gasteiger partial charge >= 0.3 is 0 Å². The number of carbonyl (C=O) groups excluding carboxylic acids is 1. The predicted octanol–water partition coefficient (Wildman–Crippen LogP) is 1.79. The summed E-state index contributed by atoms with van der Waals surface area (Å²) < 4.78 is 27.5. The van der Waals surface area contributed by atoms with Gasteiger partial charge in [0.1, 0.15) is 0 Å². The average Bonchev–Trinajstić information content (AvgIpc) is 2.60. The minimum absolute atomic E-state index is 0.248. The molecule has 0 unspecified atom stereocenters. The summed E-state index contributed by atoms with van der Waals surface area (Å²) in [6.45, 7) is 1.77. The monoisotopic (exact) mass is 413 g/mol. The molecular formula is C17H22ClF2N7O. The van der Waals surface area contributed by atoms with E-state index in [9.17, 15) is 13.6 Å². The van der Waals surface area contributed by atoms with Gasteiger partial charge in [-0.1, -0.05) is 11.6 Å². The highest BCUT2D eigenvalue weighted by Gasteiger charge is 2.44. The summed E-state index contributed by atoms with van der Waals surface area (Å²) in [5, 5.41) is 11.1. The Balaban J connectivity index is 2.31. The highest BCUT2D eigenvalue weighted by Crippen LogP contribution is 2.33. The molecule has 0 saturated heterocycles. The maximum atomic E-state index is 13.8. The number of hydrogen-bond donors (Lipinski definition) is 5. The number of nitrogens with two attached hydrogens (primary N) is 3. The number of nitrogens with one attached hydrogen (secondary N) is 2. The van der Waals surface area contributed by atoms with E-state index in [4.69, 9.17) is 34.2 Å². The molecule has 8 nitrogen and oxygen atoms in total. The lowest BCUT2D eigenvalue weighted by atomic mass is 9.88. The fourth-order valence-electron chi connectivity index (χ4n) is 2.75. The Morgan fingerprint density at radius 3 is 2.68 bits per heavy atom. The van der Waals surface area contributed by atoms with Gasteiger partial charge in [0.2, 0.25) is 5.96 Å². The van der Waals surface area contributed by atoms with E-state index in [1.807, 2.05) is 0 Å². The van der Waals surface area contributed by atoms with Gasteiger partial charge in [0.15, 0.2) is 11.5 Å². The number of alkyl halides is 2. The van der Waals surface area contributed by atoms with Gasteiger partial charge in [0.05, 0.1) is 12.1 Å². The molecule has 2 atom stereocenters. The summed E-state index contributed by atoms with van der Waals surface area (Å²) in [4.78, 5) is 19.3. The van der Waals surface area contributed by atoms with Crippen LogP contribution in [0.3, 0.4) is 0 Å². The van der Waals surface area contributed by atoms with Crippen molar-refractivity contribution in [1.29, 1.82) is 5.41 Å². The Labute approximate surface area is 165 Å². The Morgan fingerprint density at radius 1 is 1.39 bits per heavy atom. The maximum Gasteiger partial charge on any atom is 0.270 e. The number of nitrogens with zero attached hydrogens (tertiary/aromatic N) is 2. The summed E-state index contributed by atoms with van der Waals surface area (Å²) in [6.07, 6.45) is 0.274. The number of amides is 1. The van der Waals surface area contributed by atoms with Crippen LogP contribution in [0.15, 0.2) is 28.2 Å². The molecule has 1 aromatic rings. The summed E-state index contributed by atoms with van der Waals surface area (Å²) in [5.74, 6) is -4.76. The van der Waals surface area contributed by atoms with E-state index < -0.39 is 35.6 Å². The lowest BCUT2D eigenvalue weighted by molar-refractivity contribution is -0.111. The number of carbonyl (C=O) groups is 1. The first-order valence-electron chi connectivity index (χ1n) is 8.48. The molecule has 0 spiro atoms. The number of aliphatic imine (C=N–C) groups is 2. The van der Waals surface area contributed by atoms with Crippen molar-refractivity contribution in [3.63, 3.8) is 0 Å². The van der Waals surface area contributed by atoms with Crippen molar-refractivity contribution in [1.82, 2.24) is 0 Å². The van der Waals surface area contributed by atoms with E-state index in [-0.39, 0.29) is 18.7 Å². The molecule has 2 rings (SSSR count). The molecule has 1 aromatic carbocycles. The number of hydrogen-bond acceptors (Lipinski definition) is 4. The Kier molecular flexibility index (Phi) is 6.68. The highest BCUT2D eigenvalue weighted by molar-refractivity contribution is 6.67. The standard InChI is InChI=1S/C17H22ClF2N7O/c1-8-7-9(4-5-10(8)18)25-15(12(21)14(23)28)27-16(24)26-11-3-2-6-17(19,20)13(11)22/h4-5,7,11,13,21H,2-3,6,22H2,1H3,(H2,23,28)(H3,24,25,26,27)/t11-,13-/m1/s1. The number of anilines is 1. The fraction of sp³-hybridized carbons (Fsp3) is 0.412. The first-order valence-corrected chi connectivity index (χ1v) is 8.86. The molecule has 0 radical (unpaired) electrons. The van der Waals surface area contributed by atoms with Crippen LogP contribution in [0.2, 0.25) is 5.02 Å². The number of halogens is 3. The molecule has 1 saturated carbocycles. The van der Waals surface area contributed by atoms with Crippen LogP contribution in [0.5, 0.6) is 0 Å². The first kappa shape index (κ1) is 21.7. The van der Waals surface area contributed by atoms with Crippen molar-refractivity contribution in [2.45, 2.75) is 44.2 Å². The second-order valence-electron chi connectivity index (χ2n) is 6.52. The molecule has 0 aliphatic heterocycles. The maximum absolute atomic E-state index is 13.8. The van der Waals surface area contributed by atoms with Crippen LogP contribution in [-0.4, -0.2) is 41.4 Å². The van der Waals surface area contributed by atoms with Crippen LogP contribution in [0, 0.1) is 12.3 Å². The van der Waals surface area contributed by atoms with Crippen molar-refractivity contribution < 1.29 is 13.6 Å². The molecule has 11 heteroatoms. The van der Waals surface area contributed by atoms with Gasteiger partial charge in [-0.25, -0.2) is 13.8 Å². The Morgan fingerprint density at radius 2 is 2.07 bits per heavy atom. The zero-order chi connectivity index (χ0) is 21.1. The van der Waals surface area contributed by atoms with Gasteiger partial charge in [0.25, 0.3) is 11.8 Å². The second-order valence-corrected chi connectivity index (χ2v) is 6.93. The van der Waals surface area contributed by atoms with E-state index in [0.717, 1.165) is 5.56 Å². The number of primary amides is 1. The highest BCUT2D eigenvalue weighted by atomic mass is 35.5. The molecule has 8 N–H and O–H groups in total. The molecule has 0 heterocycles. The average molecular weight is 414 g/mol. The third-order valence-electron chi connectivity index (χ3n) is 4.34. The fourth-order valence-corrected chi connectivity index (χ4v) is 2.87. The molecular weight excluding hydrogens is 392 g/mol. The lowest BCUT2D eigenvalue weighted by Gasteiger charge is -2.33. The molecule has 1 amide bonds. The van der Waals surface area contributed by atoms with Gasteiger partial charge in [-0.2, -0.15) is 4.99 Å². The van der Waals surface area contributed by atoms with E-state index >= 15 is 0 Å². The van der Waals surface area contributed by atoms with Gasteiger partial charge in [0, 0.05) is 17.1 Å². The number of guanidine groups is 1. The van der Waals surface area contributed by atoms with E-state index in [0.29, 0.717) is 17.1 Å². The first-order chi connectivity index (χ1) is 13.0. The van der Waals surface area contributed by atoms with Crippen LogP contribution in [-0.2, 0) is 4.79 Å².